The standard InChI is InChI=1S/C16H22O5/c1-4-20-15(17)11-13(16(18)21-5-2)10-12-6-8-14(19-3)9-7-12/h6-9,13H,4-5,10-11H2,1-3H3. The maximum absolute atomic E-state index is 12.0. The number of ether oxygens (including phenoxy) is 3. The van der Waals surface area contributed by atoms with Crippen molar-refractivity contribution in [3.8, 4) is 5.75 Å². The van der Waals surface area contributed by atoms with Crippen molar-refractivity contribution in [2.45, 2.75) is 26.7 Å². The number of carbonyl (C=O) groups is 2. The minimum atomic E-state index is -0.530. The maximum atomic E-state index is 12.0. The number of carbonyl (C=O) groups excluding carboxylic acids is 2. The summed E-state index contributed by atoms with van der Waals surface area (Å²) in [4.78, 5) is 23.6. The number of hydrogen-bond donors (Lipinski definition) is 0. The van der Waals surface area contributed by atoms with Crippen LogP contribution >= 0.6 is 0 Å². The van der Waals surface area contributed by atoms with Crippen molar-refractivity contribution < 1.29 is 23.8 Å². The average molecular weight is 294 g/mol. The van der Waals surface area contributed by atoms with Crippen molar-refractivity contribution >= 4 is 11.9 Å². The van der Waals surface area contributed by atoms with E-state index < -0.39 is 5.92 Å². The van der Waals surface area contributed by atoms with E-state index in [9.17, 15) is 9.59 Å². The lowest BCUT2D eigenvalue weighted by Gasteiger charge is -2.15. The summed E-state index contributed by atoms with van der Waals surface area (Å²) in [5, 5.41) is 0. The quantitative estimate of drug-likeness (QED) is 0.689. The first-order valence-corrected chi connectivity index (χ1v) is 7.05. The van der Waals surface area contributed by atoms with Crippen LogP contribution in [0.5, 0.6) is 5.75 Å². The van der Waals surface area contributed by atoms with Gasteiger partial charge < -0.3 is 14.2 Å². The Labute approximate surface area is 125 Å². The van der Waals surface area contributed by atoms with Gasteiger partial charge in [0.25, 0.3) is 0 Å². The highest BCUT2D eigenvalue weighted by atomic mass is 16.5. The number of esters is 2. The summed E-state index contributed by atoms with van der Waals surface area (Å²) in [6.07, 6.45) is 0.459. The van der Waals surface area contributed by atoms with Crippen molar-refractivity contribution in [2.75, 3.05) is 20.3 Å². The summed E-state index contributed by atoms with van der Waals surface area (Å²) >= 11 is 0. The van der Waals surface area contributed by atoms with Gasteiger partial charge in [0.1, 0.15) is 5.75 Å². The van der Waals surface area contributed by atoms with Crippen LogP contribution in [0.2, 0.25) is 0 Å². The zero-order chi connectivity index (χ0) is 15.7. The molecule has 1 aromatic rings. The Balaban J connectivity index is 2.74. The molecule has 1 aromatic carbocycles. The van der Waals surface area contributed by atoms with Gasteiger partial charge in [0.2, 0.25) is 0 Å². The number of methoxy groups -OCH3 is 1. The molecule has 0 bridgehead atoms. The Bertz CT molecular complexity index is 452. The van der Waals surface area contributed by atoms with Crippen molar-refractivity contribution in [3.63, 3.8) is 0 Å². The molecule has 1 atom stereocenters. The number of benzene rings is 1. The van der Waals surface area contributed by atoms with Gasteiger partial charge in [-0.05, 0) is 38.0 Å². The maximum Gasteiger partial charge on any atom is 0.309 e. The predicted molar refractivity (Wildman–Crippen MR) is 78.1 cm³/mol. The van der Waals surface area contributed by atoms with Gasteiger partial charge in [-0.15, -0.1) is 0 Å². The predicted octanol–water partition coefficient (Wildman–Crippen LogP) is 2.37. The molecule has 0 N–H and O–H groups in total. The normalized spacial score (nSPS) is 11.6. The van der Waals surface area contributed by atoms with E-state index in [2.05, 4.69) is 0 Å². The fourth-order valence-corrected chi connectivity index (χ4v) is 1.97. The van der Waals surface area contributed by atoms with Crippen molar-refractivity contribution in [2.24, 2.45) is 5.92 Å². The Morgan fingerprint density at radius 3 is 2.19 bits per heavy atom. The molecule has 5 nitrogen and oxygen atoms in total. The third-order valence-electron chi connectivity index (χ3n) is 2.98. The summed E-state index contributed by atoms with van der Waals surface area (Å²) in [6, 6.07) is 7.39. The molecule has 0 saturated heterocycles. The van der Waals surface area contributed by atoms with Crippen molar-refractivity contribution in [3.05, 3.63) is 29.8 Å². The van der Waals surface area contributed by atoms with Crippen LogP contribution < -0.4 is 4.74 Å². The van der Waals surface area contributed by atoms with Gasteiger partial charge in [0.05, 0.1) is 32.7 Å². The molecule has 0 aromatic heterocycles. The Morgan fingerprint density at radius 1 is 1.05 bits per heavy atom. The summed E-state index contributed by atoms with van der Waals surface area (Å²) < 4.78 is 15.0. The van der Waals surface area contributed by atoms with Crippen LogP contribution in [-0.4, -0.2) is 32.3 Å². The van der Waals surface area contributed by atoms with Gasteiger partial charge in [0, 0.05) is 0 Å². The second-order valence-corrected chi connectivity index (χ2v) is 4.51. The molecule has 0 heterocycles. The fourth-order valence-electron chi connectivity index (χ4n) is 1.97. The molecular formula is C16H22O5. The summed E-state index contributed by atoms with van der Waals surface area (Å²) in [5.41, 5.74) is 0.943. The van der Waals surface area contributed by atoms with E-state index in [0.29, 0.717) is 19.6 Å². The van der Waals surface area contributed by atoms with E-state index in [0.717, 1.165) is 11.3 Å². The van der Waals surface area contributed by atoms with Gasteiger partial charge in [-0.25, -0.2) is 0 Å². The molecule has 0 spiro atoms. The molecule has 1 unspecified atom stereocenters. The SMILES string of the molecule is CCOC(=O)CC(Cc1ccc(OC)cc1)C(=O)OCC. The lowest BCUT2D eigenvalue weighted by Crippen LogP contribution is -2.24. The molecule has 21 heavy (non-hydrogen) atoms. The van der Waals surface area contributed by atoms with E-state index in [1.807, 2.05) is 24.3 Å². The number of rotatable bonds is 8. The Kier molecular flexibility index (Phi) is 7.29. The highest BCUT2D eigenvalue weighted by Gasteiger charge is 2.24. The first-order chi connectivity index (χ1) is 10.1. The molecular weight excluding hydrogens is 272 g/mol. The monoisotopic (exact) mass is 294 g/mol. The molecule has 116 valence electrons. The van der Waals surface area contributed by atoms with Gasteiger partial charge in [-0.1, -0.05) is 12.1 Å². The second-order valence-electron chi connectivity index (χ2n) is 4.51. The zero-order valence-electron chi connectivity index (χ0n) is 12.8. The van der Waals surface area contributed by atoms with Crippen LogP contribution in [0.4, 0.5) is 0 Å². The Hall–Kier alpha value is -2.04. The van der Waals surface area contributed by atoms with Crippen LogP contribution in [0.15, 0.2) is 24.3 Å². The molecule has 0 aliphatic rings. The molecule has 5 heteroatoms. The van der Waals surface area contributed by atoms with Crippen molar-refractivity contribution in [1.29, 1.82) is 0 Å². The largest absolute Gasteiger partial charge is 0.497 e. The first kappa shape index (κ1) is 17.0. The number of hydrogen-bond acceptors (Lipinski definition) is 5. The van der Waals surface area contributed by atoms with Crippen LogP contribution in [-0.2, 0) is 25.5 Å². The average Bonchev–Trinajstić information content (AvgIpc) is 2.48. The molecule has 0 radical (unpaired) electrons. The highest BCUT2D eigenvalue weighted by Crippen LogP contribution is 2.18. The molecule has 0 amide bonds. The van der Waals surface area contributed by atoms with Crippen LogP contribution in [0.3, 0.4) is 0 Å². The van der Waals surface area contributed by atoms with Crippen LogP contribution in [0.25, 0.3) is 0 Å². The van der Waals surface area contributed by atoms with Crippen LogP contribution in [0.1, 0.15) is 25.8 Å². The fraction of sp³-hybridized carbons (Fsp3) is 0.500. The molecule has 0 aliphatic heterocycles. The smallest absolute Gasteiger partial charge is 0.309 e. The minimum Gasteiger partial charge on any atom is -0.497 e. The summed E-state index contributed by atoms with van der Waals surface area (Å²) in [5.74, 6) is -0.542. The third-order valence-corrected chi connectivity index (χ3v) is 2.98. The molecule has 0 saturated carbocycles. The highest BCUT2D eigenvalue weighted by molar-refractivity contribution is 5.80. The lowest BCUT2D eigenvalue weighted by atomic mass is 9.96. The lowest BCUT2D eigenvalue weighted by molar-refractivity contribution is -0.154. The first-order valence-electron chi connectivity index (χ1n) is 7.05. The van der Waals surface area contributed by atoms with E-state index in [1.54, 1.807) is 21.0 Å². The van der Waals surface area contributed by atoms with E-state index in [-0.39, 0.29) is 18.4 Å². The van der Waals surface area contributed by atoms with Gasteiger partial charge in [-0.2, -0.15) is 0 Å². The van der Waals surface area contributed by atoms with Gasteiger partial charge in [-0.3, -0.25) is 9.59 Å². The van der Waals surface area contributed by atoms with Crippen molar-refractivity contribution in [1.82, 2.24) is 0 Å². The van der Waals surface area contributed by atoms with E-state index in [1.165, 1.54) is 0 Å². The summed E-state index contributed by atoms with van der Waals surface area (Å²) in [6.45, 7) is 4.07. The minimum absolute atomic E-state index is 0.0265. The third kappa shape index (κ3) is 5.85. The second kappa shape index (κ2) is 9.00. The summed E-state index contributed by atoms with van der Waals surface area (Å²) in [7, 11) is 1.59. The Morgan fingerprint density at radius 2 is 1.67 bits per heavy atom. The van der Waals surface area contributed by atoms with Gasteiger partial charge >= 0.3 is 11.9 Å². The topological polar surface area (TPSA) is 61.8 Å². The van der Waals surface area contributed by atoms with E-state index in [4.69, 9.17) is 14.2 Å². The molecule has 1 rings (SSSR count). The molecule has 0 aliphatic carbocycles. The van der Waals surface area contributed by atoms with Gasteiger partial charge in [0.15, 0.2) is 0 Å². The van der Waals surface area contributed by atoms with Crippen LogP contribution in [0, 0.1) is 5.92 Å². The zero-order valence-corrected chi connectivity index (χ0v) is 12.8. The van der Waals surface area contributed by atoms with E-state index >= 15 is 0 Å². The molecule has 0 fully saturated rings.